The Kier molecular flexibility index (Phi) is 3.56. The SMILES string of the molecule is Cc1cc(C)c(CNC(C)(C)C)cc1C. The van der Waals surface area contributed by atoms with Gasteiger partial charge in [-0.2, -0.15) is 0 Å². The molecule has 0 aliphatic heterocycles. The first-order valence-electron chi connectivity index (χ1n) is 5.61. The second-order valence-corrected chi connectivity index (χ2v) is 5.47. The Balaban J connectivity index is 2.82. The molecule has 0 atom stereocenters. The molecule has 0 aliphatic carbocycles. The van der Waals surface area contributed by atoms with Gasteiger partial charge in [0, 0.05) is 12.1 Å². The van der Waals surface area contributed by atoms with E-state index in [1.54, 1.807) is 0 Å². The van der Waals surface area contributed by atoms with Crippen LogP contribution < -0.4 is 5.32 Å². The lowest BCUT2D eigenvalue weighted by Crippen LogP contribution is -2.35. The summed E-state index contributed by atoms with van der Waals surface area (Å²) in [5.41, 5.74) is 5.74. The van der Waals surface area contributed by atoms with Crippen LogP contribution in [-0.4, -0.2) is 5.54 Å². The van der Waals surface area contributed by atoms with E-state index < -0.39 is 0 Å². The average Bonchev–Trinajstić information content (AvgIpc) is 2.07. The summed E-state index contributed by atoms with van der Waals surface area (Å²) in [5, 5.41) is 3.53. The predicted molar refractivity (Wildman–Crippen MR) is 67.2 cm³/mol. The minimum atomic E-state index is 0.186. The Bertz CT molecular complexity index is 345. The quantitative estimate of drug-likeness (QED) is 0.779. The number of nitrogens with one attached hydrogen (secondary N) is 1. The van der Waals surface area contributed by atoms with Gasteiger partial charge in [-0.15, -0.1) is 0 Å². The van der Waals surface area contributed by atoms with Gasteiger partial charge in [-0.05, 0) is 63.8 Å². The lowest BCUT2D eigenvalue weighted by molar-refractivity contribution is 0.424. The Labute approximate surface area is 93.9 Å². The summed E-state index contributed by atoms with van der Waals surface area (Å²) < 4.78 is 0. The number of aryl methyl sites for hydroxylation is 3. The van der Waals surface area contributed by atoms with Gasteiger partial charge in [-0.1, -0.05) is 12.1 Å². The number of benzene rings is 1. The van der Waals surface area contributed by atoms with E-state index in [1.165, 1.54) is 22.3 Å². The molecule has 1 N–H and O–H groups in total. The van der Waals surface area contributed by atoms with E-state index in [-0.39, 0.29) is 5.54 Å². The van der Waals surface area contributed by atoms with E-state index in [0.717, 1.165) is 6.54 Å². The summed E-state index contributed by atoms with van der Waals surface area (Å²) >= 11 is 0. The Morgan fingerprint density at radius 3 is 2.00 bits per heavy atom. The van der Waals surface area contributed by atoms with Crippen molar-refractivity contribution in [3.63, 3.8) is 0 Å². The molecule has 1 aromatic carbocycles. The minimum absolute atomic E-state index is 0.186. The van der Waals surface area contributed by atoms with Crippen molar-refractivity contribution in [2.45, 2.75) is 53.6 Å². The fourth-order valence-electron chi connectivity index (χ4n) is 1.57. The molecule has 0 saturated carbocycles. The van der Waals surface area contributed by atoms with Crippen molar-refractivity contribution in [1.29, 1.82) is 0 Å². The van der Waals surface area contributed by atoms with Gasteiger partial charge in [0.25, 0.3) is 0 Å². The lowest BCUT2D eigenvalue weighted by atomic mass is 10.00. The van der Waals surface area contributed by atoms with E-state index in [0.29, 0.717) is 0 Å². The number of hydrogen-bond acceptors (Lipinski definition) is 1. The van der Waals surface area contributed by atoms with Gasteiger partial charge in [0.2, 0.25) is 0 Å². The van der Waals surface area contributed by atoms with Crippen LogP contribution in [-0.2, 0) is 6.54 Å². The largest absolute Gasteiger partial charge is 0.308 e. The molecule has 0 amide bonds. The van der Waals surface area contributed by atoms with Crippen molar-refractivity contribution in [1.82, 2.24) is 5.32 Å². The second-order valence-electron chi connectivity index (χ2n) is 5.47. The standard InChI is InChI=1S/C14H23N/c1-10-7-12(3)13(8-11(10)2)9-15-14(4,5)6/h7-8,15H,9H2,1-6H3. The van der Waals surface area contributed by atoms with E-state index in [1.807, 2.05) is 0 Å². The highest BCUT2D eigenvalue weighted by atomic mass is 14.9. The highest BCUT2D eigenvalue weighted by Crippen LogP contribution is 2.16. The minimum Gasteiger partial charge on any atom is -0.308 e. The zero-order valence-corrected chi connectivity index (χ0v) is 10.9. The Morgan fingerprint density at radius 2 is 1.47 bits per heavy atom. The highest BCUT2D eigenvalue weighted by Gasteiger charge is 2.09. The molecule has 15 heavy (non-hydrogen) atoms. The van der Waals surface area contributed by atoms with Crippen molar-refractivity contribution in [2.24, 2.45) is 0 Å². The molecular formula is C14H23N. The van der Waals surface area contributed by atoms with E-state index >= 15 is 0 Å². The summed E-state index contributed by atoms with van der Waals surface area (Å²) in [6, 6.07) is 4.57. The van der Waals surface area contributed by atoms with Crippen LogP contribution in [0.25, 0.3) is 0 Å². The van der Waals surface area contributed by atoms with Crippen LogP contribution in [0.4, 0.5) is 0 Å². The third-order valence-corrected chi connectivity index (χ3v) is 2.76. The molecule has 0 unspecified atom stereocenters. The Hall–Kier alpha value is -0.820. The molecule has 84 valence electrons. The van der Waals surface area contributed by atoms with Crippen LogP contribution in [0.3, 0.4) is 0 Å². The summed E-state index contributed by atoms with van der Waals surface area (Å²) in [6.07, 6.45) is 0. The number of hydrogen-bond donors (Lipinski definition) is 1. The van der Waals surface area contributed by atoms with Crippen LogP contribution in [0.2, 0.25) is 0 Å². The Morgan fingerprint density at radius 1 is 0.933 bits per heavy atom. The zero-order chi connectivity index (χ0) is 11.6. The maximum atomic E-state index is 3.53. The maximum Gasteiger partial charge on any atom is 0.0213 e. The lowest BCUT2D eigenvalue weighted by Gasteiger charge is -2.21. The van der Waals surface area contributed by atoms with E-state index in [2.05, 4.69) is 59.0 Å². The van der Waals surface area contributed by atoms with Crippen molar-refractivity contribution in [3.8, 4) is 0 Å². The highest BCUT2D eigenvalue weighted by molar-refractivity contribution is 5.36. The second kappa shape index (κ2) is 4.36. The van der Waals surface area contributed by atoms with E-state index in [4.69, 9.17) is 0 Å². The molecule has 0 aliphatic rings. The summed E-state index contributed by atoms with van der Waals surface area (Å²) in [6.45, 7) is 14.1. The molecule has 0 spiro atoms. The molecule has 0 saturated heterocycles. The monoisotopic (exact) mass is 205 g/mol. The van der Waals surface area contributed by atoms with Crippen LogP contribution in [0.5, 0.6) is 0 Å². The maximum absolute atomic E-state index is 3.53. The summed E-state index contributed by atoms with van der Waals surface area (Å²) in [4.78, 5) is 0. The first-order chi connectivity index (χ1) is 6.79. The summed E-state index contributed by atoms with van der Waals surface area (Å²) in [7, 11) is 0. The van der Waals surface area contributed by atoms with Gasteiger partial charge in [-0.3, -0.25) is 0 Å². The molecule has 0 radical (unpaired) electrons. The van der Waals surface area contributed by atoms with Gasteiger partial charge in [0.1, 0.15) is 0 Å². The van der Waals surface area contributed by atoms with Gasteiger partial charge < -0.3 is 5.32 Å². The van der Waals surface area contributed by atoms with Crippen LogP contribution in [0.1, 0.15) is 43.0 Å². The zero-order valence-electron chi connectivity index (χ0n) is 10.9. The van der Waals surface area contributed by atoms with Crippen molar-refractivity contribution in [3.05, 3.63) is 34.4 Å². The van der Waals surface area contributed by atoms with Crippen molar-refractivity contribution >= 4 is 0 Å². The molecule has 0 heterocycles. The molecular weight excluding hydrogens is 182 g/mol. The third kappa shape index (κ3) is 3.67. The molecule has 0 aromatic heterocycles. The molecule has 0 bridgehead atoms. The molecule has 1 heteroatoms. The summed E-state index contributed by atoms with van der Waals surface area (Å²) in [5.74, 6) is 0. The van der Waals surface area contributed by atoms with Crippen molar-refractivity contribution < 1.29 is 0 Å². The third-order valence-electron chi connectivity index (χ3n) is 2.76. The van der Waals surface area contributed by atoms with Crippen LogP contribution >= 0.6 is 0 Å². The normalized spacial score (nSPS) is 11.9. The van der Waals surface area contributed by atoms with Crippen LogP contribution in [0, 0.1) is 20.8 Å². The first-order valence-corrected chi connectivity index (χ1v) is 5.61. The fraction of sp³-hybridized carbons (Fsp3) is 0.571. The fourth-order valence-corrected chi connectivity index (χ4v) is 1.57. The van der Waals surface area contributed by atoms with Gasteiger partial charge in [-0.25, -0.2) is 0 Å². The van der Waals surface area contributed by atoms with Crippen LogP contribution in [0.15, 0.2) is 12.1 Å². The predicted octanol–water partition coefficient (Wildman–Crippen LogP) is 3.50. The van der Waals surface area contributed by atoms with Gasteiger partial charge in [0.15, 0.2) is 0 Å². The molecule has 1 aromatic rings. The topological polar surface area (TPSA) is 12.0 Å². The van der Waals surface area contributed by atoms with Crippen molar-refractivity contribution in [2.75, 3.05) is 0 Å². The molecule has 1 nitrogen and oxygen atoms in total. The number of rotatable bonds is 2. The molecule has 1 rings (SSSR count). The smallest absolute Gasteiger partial charge is 0.0213 e. The van der Waals surface area contributed by atoms with E-state index in [9.17, 15) is 0 Å². The van der Waals surface area contributed by atoms with Gasteiger partial charge >= 0.3 is 0 Å². The first kappa shape index (κ1) is 12.3. The molecule has 0 fully saturated rings. The van der Waals surface area contributed by atoms with Gasteiger partial charge in [0.05, 0.1) is 0 Å². The average molecular weight is 205 g/mol.